The summed E-state index contributed by atoms with van der Waals surface area (Å²) < 4.78 is 39.4. The Morgan fingerprint density at radius 3 is 2.50 bits per heavy atom. The minimum Gasteiger partial charge on any atom is -0.387 e. The summed E-state index contributed by atoms with van der Waals surface area (Å²) in [5, 5.41) is 12.2. The van der Waals surface area contributed by atoms with E-state index in [1.165, 1.54) is 6.92 Å². The lowest BCUT2D eigenvalue weighted by atomic mass is 10.0. The molecule has 1 aromatic rings. The maximum atomic E-state index is 13.3. The van der Waals surface area contributed by atoms with E-state index in [0.717, 1.165) is 12.1 Å². The molecule has 16 heavy (non-hydrogen) atoms. The highest BCUT2D eigenvalue weighted by Gasteiger charge is 2.18. The largest absolute Gasteiger partial charge is 0.387 e. The average molecular weight is 233 g/mol. The lowest BCUT2D eigenvalue weighted by Crippen LogP contribution is -2.18. The van der Waals surface area contributed by atoms with Crippen LogP contribution in [0.1, 0.15) is 30.3 Å². The molecule has 0 radical (unpaired) electrons. The highest BCUT2D eigenvalue weighted by molar-refractivity contribution is 5.29. The third-order valence-corrected chi connectivity index (χ3v) is 2.29. The molecule has 0 aliphatic heterocycles. The van der Waals surface area contributed by atoms with Gasteiger partial charge in [-0.2, -0.15) is 0 Å². The van der Waals surface area contributed by atoms with Gasteiger partial charge in [-0.25, -0.2) is 13.2 Å². The fourth-order valence-corrected chi connectivity index (χ4v) is 1.41. The van der Waals surface area contributed by atoms with E-state index in [9.17, 15) is 18.3 Å². The minimum absolute atomic E-state index is 0.0176. The standard InChI is InChI=1S/C11H14F3NO/c1-6(12)7-3-8(10(16)5-15-2)11(14)9(13)4-7/h3-4,6,10,15-16H,5H2,1-2H3. The topological polar surface area (TPSA) is 32.3 Å². The van der Waals surface area contributed by atoms with Crippen LogP contribution in [0.3, 0.4) is 0 Å². The van der Waals surface area contributed by atoms with Gasteiger partial charge in [0.05, 0.1) is 6.10 Å². The zero-order valence-corrected chi connectivity index (χ0v) is 9.10. The molecule has 0 saturated heterocycles. The summed E-state index contributed by atoms with van der Waals surface area (Å²) in [5.74, 6) is -2.28. The van der Waals surface area contributed by atoms with Gasteiger partial charge < -0.3 is 10.4 Å². The second-order valence-corrected chi connectivity index (χ2v) is 3.60. The molecule has 2 nitrogen and oxygen atoms in total. The third-order valence-electron chi connectivity index (χ3n) is 2.29. The van der Waals surface area contributed by atoms with Crippen LogP contribution >= 0.6 is 0 Å². The molecule has 0 saturated carbocycles. The van der Waals surface area contributed by atoms with E-state index in [1.807, 2.05) is 0 Å². The predicted molar refractivity (Wildman–Crippen MR) is 54.8 cm³/mol. The molecule has 0 bridgehead atoms. The Kier molecular flexibility index (Phi) is 4.32. The van der Waals surface area contributed by atoms with Gasteiger partial charge in [0.15, 0.2) is 11.6 Å². The molecule has 2 unspecified atom stereocenters. The number of hydrogen-bond acceptors (Lipinski definition) is 2. The number of benzene rings is 1. The highest BCUT2D eigenvalue weighted by Crippen LogP contribution is 2.25. The van der Waals surface area contributed by atoms with Gasteiger partial charge in [-0.15, -0.1) is 0 Å². The number of rotatable bonds is 4. The summed E-state index contributed by atoms with van der Waals surface area (Å²) in [4.78, 5) is 0. The molecule has 0 aliphatic carbocycles. The first kappa shape index (κ1) is 13.0. The monoisotopic (exact) mass is 233 g/mol. The van der Waals surface area contributed by atoms with E-state index in [-0.39, 0.29) is 17.7 Å². The van der Waals surface area contributed by atoms with Crippen LogP contribution in [0.5, 0.6) is 0 Å². The minimum atomic E-state index is -1.41. The van der Waals surface area contributed by atoms with Crippen molar-refractivity contribution in [3.05, 3.63) is 34.9 Å². The maximum Gasteiger partial charge on any atom is 0.164 e. The Morgan fingerprint density at radius 1 is 1.38 bits per heavy atom. The third kappa shape index (κ3) is 2.74. The molecule has 0 aromatic heterocycles. The Labute approximate surface area is 92.1 Å². The molecule has 5 heteroatoms. The number of hydrogen-bond donors (Lipinski definition) is 2. The van der Waals surface area contributed by atoms with Gasteiger partial charge >= 0.3 is 0 Å². The van der Waals surface area contributed by atoms with E-state index in [2.05, 4.69) is 5.32 Å². The van der Waals surface area contributed by atoms with Crippen molar-refractivity contribution >= 4 is 0 Å². The fraction of sp³-hybridized carbons (Fsp3) is 0.455. The Morgan fingerprint density at radius 2 is 2.00 bits per heavy atom. The van der Waals surface area contributed by atoms with Crippen molar-refractivity contribution in [1.29, 1.82) is 0 Å². The van der Waals surface area contributed by atoms with Crippen LogP contribution in [-0.2, 0) is 0 Å². The second-order valence-electron chi connectivity index (χ2n) is 3.60. The summed E-state index contributed by atoms with van der Waals surface area (Å²) in [5.41, 5.74) is -0.210. The summed E-state index contributed by atoms with van der Waals surface area (Å²) >= 11 is 0. The van der Waals surface area contributed by atoms with E-state index in [4.69, 9.17) is 0 Å². The Balaban J connectivity index is 3.16. The zero-order chi connectivity index (χ0) is 12.3. The lowest BCUT2D eigenvalue weighted by molar-refractivity contribution is 0.171. The van der Waals surface area contributed by atoms with Crippen LogP contribution in [0, 0.1) is 11.6 Å². The molecule has 2 atom stereocenters. The molecule has 0 heterocycles. The van der Waals surface area contributed by atoms with Gasteiger partial charge in [0.2, 0.25) is 0 Å². The predicted octanol–water partition coefficient (Wildman–Crippen LogP) is 2.25. The molecular weight excluding hydrogens is 219 g/mol. The molecule has 1 rings (SSSR count). The number of aliphatic hydroxyl groups excluding tert-OH is 1. The lowest BCUT2D eigenvalue weighted by Gasteiger charge is -2.14. The van der Waals surface area contributed by atoms with Gasteiger partial charge in [-0.05, 0) is 31.7 Å². The summed E-state index contributed by atoms with van der Waals surface area (Å²) in [7, 11) is 1.57. The highest BCUT2D eigenvalue weighted by atomic mass is 19.2. The summed E-state index contributed by atoms with van der Waals surface area (Å²) in [6.07, 6.45) is -2.60. The SMILES string of the molecule is CNCC(O)c1cc(C(C)F)cc(F)c1F. The Hall–Kier alpha value is -1.07. The maximum absolute atomic E-state index is 13.3. The molecule has 0 spiro atoms. The molecule has 0 amide bonds. The van der Waals surface area contributed by atoms with Crippen molar-refractivity contribution in [2.24, 2.45) is 0 Å². The van der Waals surface area contributed by atoms with Crippen LogP contribution in [-0.4, -0.2) is 18.7 Å². The van der Waals surface area contributed by atoms with Gasteiger partial charge in [0.1, 0.15) is 6.17 Å². The number of aliphatic hydroxyl groups is 1. The van der Waals surface area contributed by atoms with Crippen molar-refractivity contribution in [3.63, 3.8) is 0 Å². The molecular formula is C11H14F3NO. The van der Waals surface area contributed by atoms with E-state index >= 15 is 0 Å². The van der Waals surface area contributed by atoms with Gasteiger partial charge in [0, 0.05) is 12.1 Å². The van der Waals surface area contributed by atoms with Gasteiger partial charge in [0.25, 0.3) is 0 Å². The summed E-state index contributed by atoms with van der Waals surface area (Å²) in [6.45, 7) is 1.29. The molecule has 1 aromatic carbocycles. The molecule has 2 N–H and O–H groups in total. The normalized spacial score (nSPS) is 14.9. The number of likely N-dealkylation sites (N-methyl/N-ethyl adjacent to an activating group) is 1. The Bertz CT molecular complexity index is 368. The zero-order valence-electron chi connectivity index (χ0n) is 9.10. The van der Waals surface area contributed by atoms with Crippen molar-refractivity contribution in [3.8, 4) is 0 Å². The van der Waals surface area contributed by atoms with Crippen LogP contribution in [0.15, 0.2) is 12.1 Å². The fourth-order valence-electron chi connectivity index (χ4n) is 1.41. The van der Waals surface area contributed by atoms with E-state index in [1.54, 1.807) is 7.05 Å². The van der Waals surface area contributed by atoms with Crippen LogP contribution in [0.2, 0.25) is 0 Å². The quantitative estimate of drug-likeness (QED) is 0.836. The van der Waals surface area contributed by atoms with Crippen molar-refractivity contribution in [2.45, 2.75) is 19.2 Å². The number of nitrogens with one attached hydrogen (secondary N) is 1. The first-order valence-corrected chi connectivity index (χ1v) is 4.93. The smallest absolute Gasteiger partial charge is 0.164 e. The molecule has 0 aliphatic rings. The van der Waals surface area contributed by atoms with Crippen molar-refractivity contribution in [1.82, 2.24) is 5.32 Å². The van der Waals surface area contributed by atoms with Gasteiger partial charge in [-0.3, -0.25) is 0 Å². The number of alkyl halides is 1. The molecule has 90 valence electrons. The van der Waals surface area contributed by atoms with Crippen molar-refractivity contribution < 1.29 is 18.3 Å². The molecule has 0 fully saturated rings. The first-order chi connectivity index (χ1) is 7.47. The average Bonchev–Trinajstić information content (AvgIpc) is 2.21. The van der Waals surface area contributed by atoms with E-state index in [0.29, 0.717) is 0 Å². The van der Waals surface area contributed by atoms with E-state index < -0.39 is 23.9 Å². The summed E-state index contributed by atoms with van der Waals surface area (Å²) in [6, 6.07) is 1.95. The van der Waals surface area contributed by atoms with Crippen LogP contribution in [0.4, 0.5) is 13.2 Å². The van der Waals surface area contributed by atoms with Crippen LogP contribution < -0.4 is 5.32 Å². The number of halogens is 3. The van der Waals surface area contributed by atoms with Crippen LogP contribution in [0.25, 0.3) is 0 Å². The second kappa shape index (κ2) is 5.32. The first-order valence-electron chi connectivity index (χ1n) is 4.93. The van der Waals surface area contributed by atoms with Crippen molar-refractivity contribution in [2.75, 3.05) is 13.6 Å². The van der Waals surface area contributed by atoms with Gasteiger partial charge in [-0.1, -0.05) is 0 Å².